The van der Waals surface area contributed by atoms with Gasteiger partial charge in [-0.1, -0.05) is 31.5 Å². The highest BCUT2D eigenvalue weighted by atomic mass is 16.5. The molecule has 0 aromatic heterocycles. The van der Waals surface area contributed by atoms with Crippen LogP contribution in [-0.2, 0) is 6.42 Å². The molecule has 0 bridgehead atoms. The molecule has 0 spiro atoms. The molecule has 0 atom stereocenters. The summed E-state index contributed by atoms with van der Waals surface area (Å²) in [4.78, 5) is 11.8. The number of benzene rings is 2. The number of hydrogen-bond donors (Lipinski definition) is 3. The maximum Gasteiger partial charge on any atom is 0.321 e. The minimum Gasteiger partial charge on any atom is -0.473 e. The number of nitrogen functional groups attached to an aromatic ring is 1. The van der Waals surface area contributed by atoms with E-state index in [2.05, 4.69) is 17.6 Å². The molecule has 0 radical (unpaired) electrons. The van der Waals surface area contributed by atoms with Gasteiger partial charge in [0.2, 0.25) is 0 Å². The number of aryl methyl sites for hydroxylation is 2. The van der Waals surface area contributed by atoms with Gasteiger partial charge in [-0.3, -0.25) is 0 Å². The van der Waals surface area contributed by atoms with E-state index in [1.165, 1.54) is 5.56 Å². The van der Waals surface area contributed by atoms with Crippen LogP contribution in [0.2, 0.25) is 0 Å². The van der Waals surface area contributed by atoms with Gasteiger partial charge in [-0.25, -0.2) is 4.79 Å². The lowest BCUT2D eigenvalue weighted by molar-refractivity contribution is 0.234. The second kappa shape index (κ2) is 8.08. The average Bonchev–Trinajstić information content (AvgIpc) is 2.52. The third kappa shape index (κ3) is 5.21. The topological polar surface area (TPSA) is 76.4 Å². The first-order valence-corrected chi connectivity index (χ1v) is 7.71. The highest BCUT2D eigenvalue weighted by molar-refractivity contribution is 5.92. The number of hydrogen-bond acceptors (Lipinski definition) is 3. The van der Waals surface area contributed by atoms with E-state index in [0.717, 1.165) is 24.2 Å². The maximum atomic E-state index is 11.8. The van der Waals surface area contributed by atoms with Crippen LogP contribution in [0.5, 0.6) is 5.75 Å². The lowest BCUT2D eigenvalue weighted by atomic mass is 10.1. The van der Waals surface area contributed by atoms with Crippen LogP contribution in [0.25, 0.3) is 0 Å². The fraction of sp³-hybridized carbons (Fsp3) is 0.278. The van der Waals surface area contributed by atoms with Crippen LogP contribution in [0.3, 0.4) is 0 Å². The summed E-state index contributed by atoms with van der Waals surface area (Å²) < 4.78 is 5.49. The maximum absolute atomic E-state index is 11.8. The van der Waals surface area contributed by atoms with Gasteiger partial charge in [0.25, 0.3) is 0 Å². The first-order chi connectivity index (χ1) is 11.1. The van der Waals surface area contributed by atoms with Crippen molar-refractivity contribution in [2.75, 3.05) is 17.8 Å². The molecule has 0 aliphatic heterocycles. The van der Waals surface area contributed by atoms with Crippen molar-refractivity contribution in [1.82, 2.24) is 5.32 Å². The molecule has 2 aromatic carbocycles. The first kappa shape index (κ1) is 16.7. The fourth-order valence-corrected chi connectivity index (χ4v) is 2.19. The molecule has 0 heterocycles. The summed E-state index contributed by atoms with van der Waals surface area (Å²) in [5, 5.41) is 5.33. The molecule has 0 saturated carbocycles. The first-order valence-electron chi connectivity index (χ1n) is 7.71. The highest BCUT2D eigenvalue weighted by Crippen LogP contribution is 2.19. The van der Waals surface area contributed by atoms with Crippen molar-refractivity contribution in [2.24, 2.45) is 0 Å². The standard InChI is InChI=1S/C18H23N3O2/c1-3-4-14-6-8-15(9-7-14)23-12-20-18(22)21-17-10-5-13(2)11-16(17)19/h5-11H,3-4,12,19H2,1-2H3,(H2,20,21,22). The second-order valence-corrected chi connectivity index (χ2v) is 5.40. The van der Waals surface area contributed by atoms with E-state index >= 15 is 0 Å². The molecular formula is C18H23N3O2. The van der Waals surface area contributed by atoms with E-state index in [1.807, 2.05) is 43.3 Å². The number of nitrogens with two attached hydrogens (primary N) is 1. The smallest absolute Gasteiger partial charge is 0.321 e. The van der Waals surface area contributed by atoms with E-state index < -0.39 is 0 Å². The van der Waals surface area contributed by atoms with E-state index in [1.54, 1.807) is 6.07 Å². The van der Waals surface area contributed by atoms with Crippen molar-refractivity contribution < 1.29 is 9.53 Å². The molecule has 2 amide bonds. The molecule has 23 heavy (non-hydrogen) atoms. The van der Waals surface area contributed by atoms with Crippen molar-refractivity contribution in [1.29, 1.82) is 0 Å². The number of carbonyl (C=O) groups excluding carboxylic acids is 1. The number of ether oxygens (including phenoxy) is 1. The summed E-state index contributed by atoms with van der Waals surface area (Å²) in [6, 6.07) is 13.0. The van der Waals surface area contributed by atoms with Gasteiger partial charge in [-0.05, 0) is 48.7 Å². The molecule has 5 nitrogen and oxygen atoms in total. The third-order valence-electron chi connectivity index (χ3n) is 3.39. The minimum atomic E-state index is -0.358. The molecule has 0 aliphatic rings. The average molecular weight is 313 g/mol. The summed E-state index contributed by atoms with van der Waals surface area (Å²) in [5.41, 5.74) is 9.29. The summed E-state index contributed by atoms with van der Waals surface area (Å²) >= 11 is 0. The van der Waals surface area contributed by atoms with Crippen LogP contribution in [0, 0.1) is 6.92 Å². The van der Waals surface area contributed by atoms with Gasteiger partial charge in [0.05, 0.1) is 11.4 Å². The summed E-state index contributed by atoms with van der Waals surface area (Å²) in [6.45, 7) is 4.18. The largest absolute Gasteiger partial charge is 0.473 e. The Hall–Kier alpha value is -2.69. The van der Waals surface area contributed by atoms with Gasteiger partial charge in [-0.2, -0.15) is 0 Å². The Labute approximate surface area is 136 Å². The number of carbonyl (C=O) groups is 1. The lowest BCUT2D eigenvalue weighted by Gasteiger charge is -2.11. The minimum absolute atomic E-state index is 0.0880. The molecule has 0 aliphatic carbocycles. The van der Waals surface area contributed by atoms with E-state index in [4.69, 9.17) is 10.5 Å². The highest BCUT2D eigenvalue weighted by Gasteiger charge is 2.04. The van der Waals surface area contributed by atoms with Crippen molar-refractivity contribution in [3.8, 4) is 5.75 Å². The Morgan fingerprint density at radius 3 is 2.57 bits per heavy atom. The van der Waals surface area contributed by atoms with Crippen LogP contribution in [-0.4, -0.2) is 12.8 Å². The Morgan fingerprint density at radius 1 is 1.17 bits per heavy atom. The van der Waals surface area contributed by atoms with E-state index in [9.17, 15) is 4.79 Å². The van der Waals surface area contributed by atoms with Gasteiger partial charge in [0.15, 0.2) is 6.73 Å². The number of amides is 2. The zero-order valence-electron chi connectivity index (χ0n) is 13.6. The van der Waals surface area contributed by atoms with Crippen molar-refractivity contribution in [3.05, 3.63) is 53.6 Å². The third-order valence-corrected chi connectivity index (χ3v) is 3.39. The van der Waals surface area contributed by atoms with Crippen LogP contribution in [0.1, 0.15) is 24.5 Å². The molecule has 0 unspecified atom stereocenters. The summed E-state index contributed by atoms with van der Waals surface area (Å²) in [6.07, 6.45) is 2.17. The quantitative estimate of drug-likeness (QED) is 0.562. The van der Waals surface area contributed by atoms with Crippen LogP contribution in [0.4, 0.5) is 16.2 Å². The van der Waals surface area contributed by atoms with Crippen LogP contribution in [0.15, 0.2) is 42.5 Å². The SMILES string of the molecule is CCCc1ccc(OCNC(=O)Nc2ccc(C)cc2N)cc1. The number of rotatable bonds is 6. The van der Waals surface area contributed by atoms with E-state index in [-0.39, 0.29) is 12.8 Å². The molecule has 122 valence electrons. The van der Waals surface area contributed by atoms with Crippen LogP contribution < -0.4 is 21.1 Å². The lowest BCUT2D eigenvalue weighted by Crippen LogP contribution is -2.32. The fourth-order valence-electron chi connectivity index (χ4n) is 2.19. The molecule has 2 rings (SSSR count). The molecule has 2 aromatic rings. The molecule has 0 saturated heterocycles. The normalized spacial score (nSPS) is 10.2. The Balaban J connectivity index is 1.78. The molecular weight excluding hydrogens is 290 g/mol. The summed E-state index contributed by atoms with van der Waals surface area (Å²) in [7, 11) is 0. The molecule has 0 fully saturated rings. The van der Waals surface area contributed by atoms with Gasteiger partial charge >= 0.3 is 6.03 Å². The van der Waals surface area contributed by atoms with Crippen molar-refractivity contribution >= 4 is 17.4 Å². The zero-order chi connectivity index (χ0) is 16.7. The van der Waals surface area contributed by atoms with Gasteiger partial charge in [0.1, 0.15) is 5.75 Å². The number of urea groups is 1. The molecule has 5 heteroatoms. The second-order valence-electron chi connectivity index (χ2n) is 5.40. The van der Waals surface area contributed by atoms with Crippen molar-refractivity contribution in [2.45, 2.75) is 26.7 Å². The van der Waals surface area contributed by atoms with Gasteiger partial charge < -0.3 is 21.1 Å². The van der Waals surface area contributed by atoms with Gasteiger partial charge in [0, 0.05) is 0 Å². The zero-order valence-corrected chi connectivity index (χ0v) is 13.6. The summed E-state index contributed by atoms with van der Waals surface area (Å²) in [5.74, 6) is 0.722. The predicted octanol–water partition coefficient (Wildman–Crippen LogP) is 3.69. The van der Waals surface area contributed by atoms with Gasteiger partial charge in [-0.15, -0.1) is 0 Å². The van der Waals surface area contributed by atoms with Crippen molar-refractivity contribution in [3.63, 3.8) is 0 Å². The number of anilines is 2. The Morgan fingerprint density at radius 2 is 1.91 bits per heavy atom. The Kier molecular flexibility index (Phi) is 5.86. The molecule has 4 N–H and O–H groups in total. The predicted molar refractivity (Wildman–Crippen MR) is 93.7 cm³/mol. The Bertz CT molecular complexity index is 654. The van der Waals surface area contributed by atoms with E-state index in [0.29, 0.717) is 11.4 Å². The monoisotopic (exact) mass is 313 g/mol. The van der Waals surface area contributed by atoms with Crippen LogP contribution >= 0.6 is 0 Å². The number of nitrogens with one attached hydrogen (secondary N) is 2.